The van der Waals surface area contributed by atoms with Crippen LogP contribution in [-0.4, -0.2) is 24.5 Å². The maximum Gasteiger partial charge on any atom is 0.306 e. The maximum atomic E-state index is 12.8. The summed E-state index contributed by atoms with van der Waals surface area (Å²) in [6, 6.07) is 5.60. The molecule has 0 atom stereocenters. The Bertz CT molecular complexity index is 477. The van der Waals surface area contributed by atoms with Crippen LogP contribution in [0.5, 0.6) is 0 Å². The standard InChI is InChI=1S/C15H20FNO3/c1-15(2,3)20-14(19)10-9-13(18)17(4)12-7-5-11(16)6-8-12/h5-8H,9-10H2,1-4H3. The lowest BCUT2D eigenvalue weighted by Crippen LogP contribution is -2.28. The van der Waals surface area contributed by atoms with Gasteiger partial charge in [-0.05, 0) is 45.0 Å². The van der Waals surface area contributed by atoms with Crippen LogP contribution in [0.3, 0.4) is 0 Å². The smallest absolute Gasteiger partial charge is 0.306 e. The third-order valence-electron chi connectivity index (χ3n) is 2.55. The molecule has 1 rings (SSSR count). The molecular weight excluding hydrogens is 261 g/mol. The van der Waals surface area contributed by atoms with Gasteiger partial charge in [0.15, 0.2) is 0 Å². The number of benzene rings is 1. The Morgan fingerprint density at radius 1 is 1.15 bits per heavy atom. The van der Waals surface area contributed by atoms with E-state index in [2.05, 4.69) is 0 Å². The number of ether oxygens (including phenoxy) is 1. The van der Waals surface area contributed by atoms with Crippen molar-refractivity contribution in [3.8, 4) is 0 Å². The van der Waals surface area contributed by atoms with E-state index in [9.17, 15) is 14.0 Å². The molecular formula is C15H20FNO3. The molecule has 0 aliphatic carbocycles. The SMILES string of the molecule is CN(C(=O)CCC(=O)OC(C)(C)C)c1ccc(F)cc1. The van der Waals surface area contributed by atoms with Crippen LogP contribution in [0.1, 0.15) is 33.6 Å². The molecule has 0 bridgehead atoms. The van der Waals surface area contributed by atoms with Gasteiger partial charge in [-0.25, -0.2) is 4.39 Å². The van der Waals surface area contributed by atoms with Crippen molar-refractivity contribution in [2.75, 3.05) is 11.9 Å². The molecule has 0 aromatic heterocycles. The van der Waals surface area contributed by atoms with Gasteiger partial charge in [0.25, 0.3) is 0 Å². The summed E-state index contributed by atoms with van der Waals surface area (Å²) in [5, 5.41) is 0. The average Bonchev–Trinajstić information content (AvgIpc) is 2.34. The van der Waals surface area contributed by atoms with Gasteiger partial charge in [-0.3, -0.25) is 9.59 Å². The molecule has 0 unspecified atom stereocenters. The fourth-order valence-electron chi connectivity index (χ4n) is 1.58. The minimum Gasteiger partial charge on any atom is -0.460 e. The number of halogens is 1. The maximum absolute atomic E-state index is 12.8. The monoisotopic (exact) mass is 281 g/mol. The number of amides is 1. The summed E-state index contributed by atoms with van der Waals surface area (Å²) in [6.07, 6.45) is 0.0877. The van der Waals surface area contributed by atoms with E-state index in [1.165, 1.54) is 29.2 Å². The zero-order valence-electron chi connectivity index (χ0n) is 12.3. The van der Waals surface area contributed by atoms with Gasteiger partial charge >= 0.3 is 5.97 Å². The van der Waals surface area contributed by atoms with Crippen LogP contribution in [0, 0.1) is 5.82 Å². The van der Waals surface area contributed by atoms with Crippen molar-refractivity contribution in [3.63, 3.8) is 0 Å². The van der Waals surface area contributed by atoms with Crippen LogP contribution in [0.4, 0.5) is 10.1 Å². The van der Waals surface area contributed by atoms with Crippen molar-refractivity contribution in [2.45, 2.75) is 39.2 Å². The van der Waals surface area contributed by atoms with E-state index in [1.54, 1.807) is 27.8 Å². The number of hydrogen-bond donors (Lipinski definition) is 0. The topological polar surface area (TPSA) is 46.6 Å². The molecule has 1 amide bonds. The lowest BCUT2D eigenvalue weighted by atomic mass is 10.2. The minimum atomic E-state index is -0.553. The number of hydrogen-bond acceptors (Lipinski definition) is 3. The second-order valence-corrected chi connectivity index (χ2v) is 5.52. The van der Waals surface area contributed by atoms with E-state index in [1.807, 2.05) is 0 Å². The normalized spacial score (nSPS) is 11.1. The third kappa shape index (κ3) is 5.38. The van der Waals surface area contributed by atoms with Crippen molar-refractivity contribution < 1.29 is 18.7 Å². The number of rotatable bonds is 4. The molecule has 0 aliphatic heterocycles. The van der Waals surface area contributed by atoms with E-state index >= 15 is 0 Å². The van der Waals surface area contributed by atoms with Gasteiger partial charge in [-0.2, -0.15) is 0 Å². The first kappa shape index (κ1) is 16.1. The number of nitrogens with zero attached hydrogens (tertiary/aromatic N) is 1. The van der Waals surface area contributed by atoms with Gasteiger partial charge < -0.3 is 9.64 Å². The first-order valence-corrected chi connectivity index (χ1v) is 6.43. The Morgan fingerprint density at radius 2 is 1.70 bits per heavy atom. The summed E-state index contributed by atoms with van der Waals surface area (Å²) in [6.45, 7) is 5.33. The first-order chi connectivity index (χ1) is 9.19. The molecule has 0 spiro atoms. The fraction of sp³-hybridized carbons (Fsp3) is 0.467. The van der Waals surface area contributed by atoms with Crippen molar-refractivity contribution in [2.24, 2.45) is 0 Å². The molecule has 5 heteroatoms. The Morgan fingerprint density at radius 3 is 2.20 bits per heavy atom. The molecule has 4 nitrogen and oxygen atoms in total. The van der Waals surface area contributed by atoms with E-state index in [-0.39, 0.29) is 24.6 Å². The van der Waals surface area contributed by atoms with Crippen LogP contribution in [-0.2, 0) is 14.3 Å². The highest BCUT2D eigenvalue weighted by Crippen LogP contribution is 2.15. The lowest BCUT2D eigenvalue weighted by molar-refractivity contribution is -0.155. The number of anilines is 1. The summed E-state index contributed by atoms with van der Waals surface area (Å²) >= 11 is 0. The molecule has 0 saturated heterocycles. The molecule has 20 heavy (non-hydrogen) atoms. The van der Waals surface area contributed by atoms with E-state index in [0.717, 1.165) is 0 Å². The molecule has 0 saturated carbocycles. The van der Waals surface area contributed by atoms with Gasteiger partial charge in [0, 0.05) is 19.2 Å². The van der Waals surface area contributed by atoms with Gasteiger partial charge in [0.1, 0.15) is 11.4 Å². The van der Waals surface area contributed by atoms with Crippen LogP contribution in [0.25, 0.3) is 0 Å². The predicted octanol–water partition coefficient (Wildman–Crippen LogP) is 2.91. The molecule has 1 aromatic carbocycles. The molecule has 0 aliphatic rings. The highest BCUT2D eigenvalue weighted by Gasteiger charge is 2.18. The second-order valence-electron chi connectivity index (χ2n) is 5.52. The Balaban J connectivity index is 2.50. The lowest BCUT2D eigenvalue weighted by Gasteiger charge is -2.20. The Hall–Kier alpha value is -1.91. The fourth-order valence-corrected chi connectivity index (χ4v) is 1.58. The van der Waals surface area contributed by atoms with Gasteiger partial charge in [0.05, 0.1) is 6.42 Å². The van der Waals surface area contributed by atoms with Gasteiger partial charge in [-0.15, -0.1) is 0 Å². The van der Waals surface area contributed by atoms with E-state index in [4.69, 9.17) is 4.74 Å². The highest BCUT2D eigenvalue weighted by atomic mass is 19.1. The third-order valence-corrected chi connectivity index (χ3v) is 2.55. The second kappa shape index (κ2) is 6.50. The van der Waals surface area contributed by atoms with Crippen LogP contribution < -0.4 is 4.90 Å². The number of carbonyl (C=O) groups is 2. The number of carbonyl (C=O) groups excluding carboxylic acids is 2. The van der Waals surface area contributed by atoms with Crippen molar-refractivity contribution in [1.29, 1.82) is 0 Å². The predicted molar refractivity (Wildman–Crippen MR) is 74.9 cm³/mol. The molecule has 0 N–H and O–H groups in total. The minimum absolute atomic E-state index is 0.0294. The van der Waals surface area contributed by atoms with Gasteiger partial charge in [-0.1, -0.05) is 0 Å². The quantitative estimate of drug-likeness (QED) is 0.797. The molecule has 1 aromatic rings. The largest absolute Gasteiger partial charge is 0.460 e. The number of esters is 1. The molecule has 0 heterocycles. The average molecular weight is 281 g/mol. The zero-order chi connectivity index (χ0) is 15.3. The van der Waals surface area contributed by atoms with Crippen molar-refractivity contribution >= 4 is 17.6 Å². The van der Waals surface area contributed by atoms with Crippen molar-refractivity contribution in [1.82, 2.24) is 0 Å². The summed E-state index contributed by atoms with van der Waals surface area (Å²) in [5.74, 6) is -0.982. The Labute approximate surface area is 118 Å². The Kier molecular flexibility index (Phi) is 5.25. The van der Waals surface area contributed by atoms with E-state index < -0.39 is 11.6 Å². The van der Waals surface area contributed by atoms with E-state index in [0.29, 0.717) is 5.69 Å². The summed E-state index contributed by atoms with van der Waals surface area (Å²) < 4.78 is 17.9. The van der Waals surface area contributed by atoms with Crippen LogP contribution in [0.15, 0.2) is 24.3 Å². The molecule has 0 radical (unpaired) electrons. The highest BCUT2D eigenvalue weighted by molar-refractivity contribution is 5.94. The molecule has 0 fully saturated rings. The summed E-state index contributed by atoms with van der Waals surface area (Å²) in [7, 11) is 1.59. The molecule has 110 valence electrons. The summed E-state index contributed by atoms with van der Waals surface area (Å²) in [4.78, 5) is 24.8. The van der Waals surface area contributed by atoms with Crippen molar-refractivity contribution in [3.05, 3.63) is 30.1 Å². The van der Waals surface area contributed by atoms with Crippen LogP contribution in [0.2, 0.25) is 0 Å². The zero-order valence-corrected chi connectivity index (χ0v) is 12.3. The van der Waals surface area contributed by atoms with Crippen LogP contribution >= 0.6 is 0 Å². The summed E-state index contributed by atoms with van der Waals surface area (Å²) in [5.41, 5.74) is 0.0313. The first-order valence-electron chi connectivity index (χ1n) is 6.43. The van der Waals surface area contributed by atoms with Gasteiger partial charge in [0.2, 0.25) is 5.91 Å².